The summed E-state index contributed by atoms with van der Waals surface area (Å²) in [5.74, 6) is -0.816. The lowest BCUT2D eigenvalue weighted by molar-refractivity contribution is -0.131. The fraction of sp³-hybridized carbons (Fsp3) is 0.250. The maximum absolute atomic E-state index is 11.4. The summed E-state index contributed by atoms with van der Waals surface area (Å²) in [6, 6.07) is 2.32. The first-order chi connectivity index (χ1) is 8.88. The molecular weight excluding hydrogens is 252 g/mol. The Balaban J connectivity index is 2.47. The van der Waals surface area contributed by atoms with Crippen LogP contribution >= 0.6 is 0 Å². The van der Waals surface area contributed by atoms with Gasteiger partial charge in [0.25, 0.3) is 5.91 Å². The molecule has 1 rings (SSSR count). The predicted molar refractivity (Wildman–Crippen MR) is 65.3 cm³/mol. The van der Waals surface area contributed by atoms with Crippen molar-refractivity contribution in [2.75, 3.05) is 0 Å². The molecule has 0 aliphatic rings. The van der Waals surface area contributed by atoms with Crippen molar-refractivity contribution in [3.63, 3.8) is 0 Å². The molecule has 0 radical (unpaired) electrons. The highest BCUT2D eigenvalue weighted by Crippen LogP contribution is 2.14. The topological polar surface area (TPSA) is 109 Å². The monoisotopic (exact) mass is 266 g/mol. The molecule has 19 heavy (non-hydrogen) atoms. The number of furan rings is 1. The molecule has 3 amide bonds. The van der Waals surface area contributed by atoms with Crippen molar-refractivity contribution in [2.24, 2.45) is 0 Å². The summed E-state index contributed by atoms with van der Waals surface area (Å²) in [4.78, 5) is 32.7. The van der Waals surface area contributed by atoms with Crippen LogP contribution in [0.15, 0.2) is 28.7 Å². The van der Waals surface area contributed by atoms with E-state index in [1.165, 1.54) is 0 Å². The summed E-state index contributed by atoms with van der Waals surface area (Å²) in [5, 5.41) is 12.8. The van der Waals surface area contributed by atoms with E-state index in [1.807, 2.05) is 5.32 Å². The van der Waals surface area contributed by atoms with Crippen molar-refractivity contribution in [1.29, 1.82) is 0 Å². The first-order valence-electron chi connectivity index (χ1n) is 5.47. The fourth-order valence-corrected chi connectivity index (χ4v) is 1.29. The second kappa shape index (κ2) is 6.39. The number of carbonyl (C=O) groups is 3. The largest absolute Gasteiger partial charge is 0.478 e. The summed E-state index contributed by atoms with van der Waals surface area (Å²) in [7, 11) is 0. The second-order valence-electron chi connectivity index (χ2n) is 3.80. The van der Waals surface area contributed by atoms with E-state index in [0.29, 0.717) is 17.6 Å². The summed E-state index contributed by atoms with van der Waals surface area (Å²) in [6.07, 6.45) is 1.39. The van der Waals surface area contributed by atoms with Crippen molar-refractivity contribution in [3.8, 4) is 0 Å². The number of aryl methyl sites for hydroxylation is 1. The zero-order valence-corrected chi connectivity index (χ0v) is 10.5. The Morgan fingerprint density at radius 2 is 2.00 bits per heavy atom. The number of hydrogen-bond donors (Lipinski definition) is 3. The molecule has 3 N–H and O–H groups in total. The maximum atomic E-state index is 11.4. The van der Waals surface area contributed by atoms with Crippen LogP contribution in [0.25, 0.3) is 0 Å². The minimum absolute atomic E-state index is 0.412. The average molecular weight is 266 g/mol. The quantitative estimate of drug-likeness (QED) is 0.707. The summed E-state index contributed by atoms with van der Waals surface area (Å²) >= 11 is 0. The Hall–Kier alpha value is -2.57. The number of amides is 3. The SMILES string of the molecule is Cc1ccc(C(C)NC(=O)NC(=O)/C=C/C(=O)O)o1. The summed E-state index contributed by atoms with van der Waals surface area (Å²) < 4.78 is 5.31. The molecule has 0 spiro atoms. The van der Waals surface area contributed by atoms with Crippen molar-refractivity contribution in [1.82, 2.24) is 10.6 Å². The lowest BCUT2D eigenvalue weighted by Crippen LogP contribution is -2.39. The minimum Gasteiger partial charge on any atom is -0.478 e. The van der Waals surface area contributed by atoms with Gasteiger partial charge in [-0.15, -0.1) is 0 Å². The van der Waals surface area contributed by atoms with E-state index >= 15 is 0 Å². The van der Waals surface area contributed by atoms with E-state index < -0.39 is 23.9 Å². The number of carboxylic acid groups (broad SMARTS) is 1. The van der Waals surface area contributed by atoms with Gasteiger partial charge in [-0.05, 0) is 26.0 Å². The first-order valence-corrected chi connectivity index (χ1v) is 5.47. The molecule has 0 fully saturated rings. The van der Waals surface area contributed by atoms with Crippen LogP contribution in [0.4, 0.5) is 4.79 Å². The highest BCUT2D eigenvalue weighted by atomic mass is 16.4. The van der Waals surface area contributed by atoms with Gasteiger partial charge in [-0.25, -0.2) is 9.59 Å². The normalized spacial score (nSPS) is 12.1. The molecule has 0 saturated carbocycles. The highest BCUT2D eigenvalue weighted by molar-refractivity contribution is 6.02. The number of carbonyl (C=O) groups excluding carboxylic acids is 2. The third kappa shape index (κ3) is 5.07. The summed E-state index contributed by atoms with van der Waals surface area (Å²) in [5.41, 5.74) is 0. The maximum Gasteiger partial charge on any atom is 0.328 e. The van der Waals surface area contributed by atoms with E-state index in [9.17, 15) is 14.4 Å². The predicted octanol–water partition coefficient (Wildman–Crippen LogP) is 1.12. The molecule has 0 saturated heterocycles. The zero-order valence-electron chi connectivity index (χ0n) is 10.5. The number of hydrogen-bond acceptors (Lipinski definition) is 4. The molecule has 0 bridgehead atoms. The number of urea groups is 1. The van der Waals surface area contributed by atoms with Crippen molar-refractivity contribution in [2.45, 2.75) is 19.9 Å². The lowest BCUT2D eigenvalue weighted by atomic mass is 10.2. The van der Waals surface area contributed by atoms with Gasteiger partial charge in [0, 0.05) is 12.2 Å². The molecule has 1 aromatic heterocycles. The Morgan fingerprint density at radius 3 is 2.53 bits per heavy atom. The van der Waals surface area contributed by atoms with E-state index in [-0.39, 0.29) is 0 Å². The van der Waals surface area contributed by atoms with Gasteiger partial charge < -0.3 is 14.8 Å². The van der Waals surface area contributed by atoms with Gasteiger partial charge in [0.05, 0.1) is 6.04 Å². The van der Waals surface area contributed by atoms with Crippen LogP contribution in [0.1, 0.15) is 24.5 Å². The molecule has 7 nitrogen and oxygen atoms in total. The standard InChI is InChI=1S/C12H14N2O5/c1-7-3-4-9(19-7)8(2)13-12(18)14-10(15)5-6-11(16)17/h3-6,8H,1-2H3,(H,16,17)(H2,13,14,15,18)/b6-5+. The van der Waals surface area contributed by atoms with Gasteiger partial charge in [0.15, 0.2) is 0 Å². The van der Waals surface area contributed by atoms with Crippen LogP contribution in [-0.4, -0.2) is 23.0 Å². The molecule has 1 atom stereocenters. The molecule has 0 aliphatic heterocycles. The van der Waals surface area contributed by atoms with Crippen LogP contribution < -0.4 is 10.6 Å². The van der Waals surface area contributed by atoms with Gasteiger partial charge in [0.1, 0.15) is 11.5 Å². The van der Waals surface area contributed by atoms with Crippen molar-refractivity contribution < 1.29 is 23.9 Å². The van der Waals surface area contributed by atoms with E-state index in [0.717, 1.165) is 6.08 Å². The molecule has 102 valence electrons. The number of imide groups is 1. The molecule has 0 aliphatic carbocycles. The van der Waals surface area contributed by atoms with E-state index in [1.54, 1.807) is 26.0 Å². The Bertz CT molecular complexity index is 518. The Labute approximate surface area is 109 Å². The Morgan fingerprint density at radius 1 is 1.32 bits per heavy atom. The number of rotatable bonds is 4. The molecule has 1 heterocycles. The van der Waals surface area contributed by atoms with E-state index in [4.69, 9.17) is 9.52 Å². The molecular formula is C12H14N2O5. The number of carboxylic acids is 1. The lowest BCUT2D eigenvalue weighted by Gasteiger charge is -2.11. The van der Waals surface area contributed by atoms with Gasteiger partial charge in [-0.3, -0.25) is 10.1 Å². The minimum atomic E-state index is -1.27. The van der Waals surface area contributed by atoms with Crippen LogP contribution in [-0.2, 0) is 9.59 Å². The number of aliphatic carboxylic acids is 1. The van der Waals surface area contributed by atoms with Crippen LogP contribution in [0, 0.1) is 6.92 Å². The smallest absolute Gasteiger partial charge is 0.328 e. The first kappa shape index (κ1) is 14.5. The fourth-order valence-electron chi connectivity index (χ4n) is 1.29. The molecule has 0 aromatic carbocycles. The van der Waals surface area contributed by atoms with Gasteiger partial charge in [-0.2, -0.15) is 0 Å². The molecule has 7 heteroatoms. The third-order valence-electron chi connectivity index (χ3n) is 2.15. The highest BCUT2D eigenvalue weighted by Gasteiger charge is 2.13. The van der Waals surface area contributed by atoms with Crippen LogP contribution in [0.3, 0.4) is 0 Å². The second-order valence-corrected chi connectivity index (χ2v) is 3.80. The van der Waals surface area contributed by atoms with Crippen molar-refractivity contribution >= 4 is 17.9 Å². The Kier molecular flexibility index (Phi) is 4.87. The van der Waals surface area contributed by atoms with Gasteiger partial charge >= 0.3 is 12.0 Å². The third-order valence-corrected chi connectivity index (χ3v) is 2.15. The molecule has 1 aromatic rings. The summed E-state index contributed by atoms with van der Waals surface area (Å²) in [6.45, 7) is 3.46. The molecule has 1 unspecified atom stereocenters. The van der Waals surface area contributed by atoms with Crippen molar-refractivity contribution in [3.05, 3.63) is 35.8 Å². The number of nitrogens with one attached hydrogen (secondary N) is 2. The van der Waals surface area contributed by atoms with Gasteiger partial charge in [-0.1, -0.05) is 0 Å². The zero-order chi connectivity index (χ0) is 14.4. The average Bonchev–Trinajstić information content (AvgIpc) is 2.73. The van der Waals surface area contributed by atoms with Crippen LogP contribution in [0.2, 0.25) is 0 Å². The van der Waals surface area contributed by atoms with E-state index in [2.05, 4.69) is 5.32 Å². The van der Waals surface area contributed by atoms with Gasteiger partial charge in [0.2, 0.25) is 0 Å². The van der Waals surface area contributed by atoms with Crippen LogP contribution in [0.5, 0.6) is 0 Å².